The average Bonchev–Trinajstić information content (AvgIpc) is 2.53. The highest BCUT2D eigenvalue weighted by Gasteiger charge is 2.22. The van der Waals surface area contributed by atoms with E-state index in [4.69, 9.17) is 13.6 Å². The Morgan fingerprint density at radius 3 is 1.64 bits per heavy atom. The topological polar surface area (TPSA) is 86.7 Å². The Morgan fingerprint density at radius 1 is 0.818 bits per heavy atom. The van der Waals surface area contributed by atoms with Crippen LogP contribution in [0, 0.1) is 0 Å². The maximum Gasteiger partial charge on any atom is 0.0971 e. The summed E-state index contributed by atoms with van der Waals surface area (Å²) in [5, 5.41) is 28.6. The van der Waals surface area contributed by atoms with Gasteiger partial charge in [-0.1, -0.05) is 84.0 Å². The maximum atomic E-state index is 9.81. The molecule has 5 N–H and O–H groups in total. The molecule has 0 aliphatic rings. The van der Waals surface area contributed by atoms with Gasteiger partial charge in [0.25, 0.3) is 0 Å². The highest BCUT2D eigenvalue weighted by molar-refractivity contribution is 4.77. The molecule has 4 heteroatoms. The SMILES string of the molecule is [2H][13C]([2H])(O)[13C@@H](N)[C@@H](O)[C@H](O)CCCCCCCCCCCCCC. The number of aliphatic hydroxyl groups excluding tert-OH is 2. The van der Waals surface area contributed by atoms with Crippen LogP contribution >= 0.6 is 0 Å². The molecule has 0 radical (unpaired) electrons. The van der Waals surface area contributed by atoms with Crippen molar-refractivity contribution in [2.24, 2.45) is 5.73 Å². The van der Waals surface area contributed by atoms with Crippen molar-refractivity contribution in [1.82, 2.24) is 0 Å². The van der Waals surface area contributed by atoms with Gasteiger partial charge in [-0.3, -0.25) is 0 Å². The van der Waals surface area contributed by atoms with Gasteiger partial charge >= 0.3 is 0 Å². The van der Waals surface area contributed by atoms with Gasteiger partial charge in [0.05, 0.1) is 27.6 Å². The quantitative estimate of drug-likeness (QED) is 0.260. The second-order valence-corrected chi connectivity index (χ2v) is 6.39. The van der Waals surface area contributed by atoms with E-state index in [2.05, 4.69) is 6.92 Å². The summed E-state index contributed by atoms with van der Waals surface area (Å²) >= 11 is 0. The van der Waals surface area contributed by atoms with Crippen molar-refractivity contribution in [2.75, 3.05) is 6.56 Å². The molecule has 0 rings (SSSR count). The first-order valence-corrected chi connectivity index (χ1v) is 9.14. The van der Waals surface area contributed by atoms with Crippen molar-refractivity contribution in [1.29, 1.82) is 0 Å². The minimum Gasteiger partial charge on any atom is -0.395 e. The standard InChI is InChI=1S/C18H39NO3/c1-2-3-4-5-6-7-8-9-10-11-12-13-14-17(21)18(22)16(19)15-20/h16-18,20-22H,2-15,19H2,1H3/t16-,17-,18-/m1/s1/i15+1D2,16+1. The Kier molecular flexibility index (Phi) is 13.0. The number of hydrogen-bond donors (Lipinski definition) is 4. The molecule has 0 saturated heterocycles. The molecule has 0 aliphatic carbocycles. The molecule has 3 atom stereocenters. The molecule has 0 fully saturated rings. The summed E-state index contributed by atoms with van der Waals surface area (Å²) in [6.45, 7) is -0.449. The van der Waals surface area contributed by atoms with Crippen molar-refractivity contribution >= 4 is 0 Å². The summed E-state index contributed by atoms with van der Waals surface area (Å²) in [5.74, 6) is 0. The molecule has 22 heavy (non-hydrogen) atoms. The second-order valence-electron chi connectivity index (χ2n) is 6.39. The summed E-state index contributed by atoms with van der Waals surface area (Å²) < 4.78 is 14.1. The first-order valence-electron chi connectivity index (χ1n) is 10.1. The summed E-state index contributed by atoms with van der Waals surface area (Å²) in [6, 6.07) is -1.50. The zero-order valence-corrected chi connectivity index (χ0v) is 14.3. The average molecular weight is 322 g/mol. The normalized spacial score (nSPS) is 17.7. The van der Waals surface area contributed by atoms with Gasteiger partial charge in [-0.15, -0.1) is 0 Å². The molecular formula is C18H39NO3. The van der Waals surface area contributed by atoms with Gasteiger partial charge in [0.15, 0.2) is 0 Å². The lowest BCUT2D eigenvalue weighted by Crippen LogP contribution is -2.45. The summed E-state index contributed by atoms with van der Waals surface area (Å²) in [4.78, 5) is 0. The van der Waals surface area contributed by atoms with Gasteiger partial charge in [0, 0.05) is 0 Å². The van der Waals surface area contributed by atoms with Crippen LogP contribution in [0.4, 0.5) is 0 Å². The van der Waals surface area contributed by atoms with E-state index in [9.17, 15) is 10.2 Å². The monoisotopic (exact) mass is 321 g/mol. The lowest BCUT2D eigenvalue weighted by molar-refractivity contribution is -0.0121. The van der Waals surface area contributed by atoms with Crippen molar-refractivity contribution in [2.45, 2.75) is 109 Å². The van der Waals surface area contributed by atoms with Gasteiger partial charge in [-0.25, -0.2) is 0 Å². The third kappa shape index (κ3) is 12.4. The Bertz CT molecular complexity index is 288. The predicted octanol–water partition coefficient (Wildman–Crippen LogP) is 3.12. The minimum atomic E-state index is -2.68. The molecule has 0 spiro atoms. The van der Waals surface area contributed by atoms with Gasteiger partial charge in [-0.05, 0) is 6.42 Å². The fourth-order valence-electron chi connectivity index (χ4n) is 2.68. The van der Waals surface area contributed by atoms with E-state index in [1.165, 1.54) is 57.8 Å². The molecule has 0 saturated carbocycles. The molecule has 0 amide bonds. The molecule has 0 aromatic rings. The van der Waals surface area contributed by atoms with E-state index in [-0.39, 0.29) is 0 Å². The molecule has 0 heterocycles. The molecular weight excluding hydrogens is 280 g/mol. The number of unbranched alkanes of at least 4 members (excludes halogenated alkanes) is 11. The van der Waals surface area contributed by atoms with E-state index < -0.39 is 24.8 Å². The van der Waals surface area contributed by atoms with Crippen LogP contribution in [0.15, 0.2) is 0 Å². The van der Waals surface area contributed by atoms with E-state index in [1.807, 2.05) is 0 Å². The number of hydrogen-bond acceptors (Lipinski definition) is 4. The van der Waals surface area contributed by atoms with Gasteiger partial charge in [0.2, 0.25) is 0 Å². The number of nitrogens with two attached hydrogens (primary N) is 1. The van der Waals surface area contributed by atoms with Crippen molar-refractivity contribution in [3.05, 3.63) is 0 Å². The Balaban J connectivity index is 3.47. The molecule has 0 aromatic carbocycles. The smallest absolute Gasteiger partial charge is 0.0971 e. The van der Waals surface area contributed by atoms with E-state index in [0.717, 1.165) is 19.3 Å². The number of rotatable bonds is 16. The van der Waals surface area contributed by atoms with Crippen LogP contribution in [0.3, 0.4) is 0 Å². The largest absolute Gasteiger partial charge is 0.395 e. The van der Waals surface area contributed by atoms with Crippen LogP contribution < -0.4 is 5.73 Å². The van der Waals surface area contributed by atoms with Gasteiger partial charge in [-0.2, -0.15) is 0 Å². The van der Waals surface area contributed by atoms with Gasteiger partial charge < -0.3 is 21.1 Å². The zero-order chi connectivity index (χ0) is 18.4. The van der Waals surface area contributed by atoms with Crippen LogP contribution in [-0.4, -0.2) is 40.1 Å². The third-order valence-corrected chi connectivity index (χ3v) is 4.26. The van der Waals surface area contributed by atoms with Crippen LogP contribution in [0.25, 0.3) is 0 Å². The summed E-state index contributed by atoms with van der Waals surface area (Å²) in [5.41, 5.74) is 5.40. The van der Waals surface area contributed by atoms with E-state index in [1.54, 1.807) is 0 Å². The Morgan fingerprint density at radius 2 is 1.23 bits per heavy atom. The van der Waals surface area contributed by atoms with Crippen LogP contribution in [0.5, 0.6) is 0 Å². The lowest BCUT2D eigenvalue weighted by Gasteiger charge is -2.22. The minimum absolute atomic E-state index is 0.377. The fourth-order valence-corrected chi connectivity index (χ4v) is 2.68. The summed E-state index contributed by atoms with van der Waals surface area (Å²) in [7, 11) is 0. The fraction of sp³-hybridized carbons (Fsp3) is 1.00. The molecule has 134 valence electrons. The first-order chi connectivity index (χ1) is 11.3. The molecule has 0 aliphatic heterocycles. The number of aliphatic hydroxyl groups is 3. The third-order valence-electron chi connectivity index (χ3n) is 4.26. The van der Waals surface area contributed by atoms with Crippen LogP contribution in [0.1, 0.15) is 93.1 Å². The maximum absolute atomic E-state index is 9.81. The van der Waals surface area contributed by atoms with Crippen molar-refractivity contribution in [3.63, 3.8) is 0 Å². The second kappa shape index (κ2) is 15.7. The van der Waals surface area contributed by atoms with Crippen molar-refractivity contribution in [3.8, 4) is 0 Å². The van der Waals surface area contributed by atoms with Gasteiger partial charge in [0.1, 0.15) is 0 Å². The van der Waals surface area contributed by atoms with E-state index in [0.29, 0.717) is 6.42 Å². The highest BCUT2D eigenvalue weighted by atomic mass is 16.4. The highest BCUT2D eigenvalue weighted by Crippen LogP contribution is 2.14. The zero-order valence-electron chi connectivity index (χ0n) is 16.3. The van der Waals surface area contributed by atoms with Crippen molar-refractivity contribution < 1.29 is 18.1 Å². The Hall–Kier alpha value is -0.160. The molecule has 0 aromatic heterocycles. The first kappa shape index (κ1) is 18.2. The molecule has 0 unspecified atom stereocenters. The molecule has 0 bridgehead atoms. The van der Waals surface area contributed by atoms with E-state index >= 15 is 0 Å². The van der Waals surface area contributed by atoms with Crippen LogP contribution in [0.2, 0.25) is 0 Å². The summed E-state index contributed by atoms with van der Waals surface area (Å²) in [6.07, 6.45) is 12.5. The molecule has 4 nitrogen and oxygen atoms in total. The Labute approximate surface area is 139 Å². The predicted molar refractivity (Wildman–Crippen MR) is 92.8 cm³/mol. The van der Waals surface area contributed by atoms with Crippen LogP contribution in [-0.2, 0) is 0 Å². The lowest BCUT2D eigenvalue weighted by atomic mass is 10.0.